The summed E-state index contributed by atoms with van der Waals surface area (Å²) in [7, 11) is 3.34. The normalized spacial score (nSPS) is 24.8. The van der Waals surface area contributed by atoms with E-state index in [0.29, 0.717) is 5.92 Å². The fourth-order valence-electron chi connectivity index (χ4n) is 3.24. The van der Waals surface area contributed by atoms with Crippen molar-refractivity contribution in [2.75, 3.05) is 14.2 Å². The van der Waals surface area contributed by atoms with E-state index in [2.05, 4.69) is 13.0 Å². The largest absolute Gasteiger partial charge is 0.493 e. The highest BCUT2D eigenvalue weighted by atomic mass is 16.5. The molecule has 3 nitrogen and oxygen atoms in total. The van der Waals surface area contributed by atoms with Gasteiger partial charge in [-0.2, -0.15) is 0 Å². The van der Waals surface area contributed by atoms with E-state index >= 15 is 0 Å². The van der Waals surface area contributed by atoms with Crippen LogP contribution < -0.4 is 15.2 Å². The molecule has 0 radical (unpaired) electrons. The Labute approximate surface area is 116 Å². The summed E-state index contributed by atoms with van der Waals surface area (Å²) in [5.41, 5.74) is 7.57. The molecule has 19 heavy (non-hydrogen) atoms. The first-order chi connectivity index (χ1) is 9.17. The van der Waals surface area contributed by atoms with Gasteiger partial charge in [-0.3, -0.25) is 0 Å². The summed E-state index contributed by atoms with van der Waals surface area (Å²) in [6.45, 7) is 2.32. The number of rotatable bonds is 4. The van der Waals surface area contributed by atoms with Crippen LogP contribution in [0.25, 0.3) is 0 Å². The summed E-state index contributed by atoms with van der Waals surface area (Å²) < 4.78 is 10.9. The third-order valence-electron chi connectivity index (χ3n) is 4.28. The average Bonchev–Trinajstić information content (AvgIpc) is 2.45. The predicted molar refractivity (Wildman–Crippen MR) is 77.6 cm³/mol. The number of hydrogen-bond acceptors (Lipinski definition) is 3. The summed E-state index contributed by atoms with van der Waals surface area (Å²) in [5.74, 6) is 2.88. The number of hydrogen-bond donors (Lipinski definition) is 1. The summed E-state index contributed by atoms with van der Waals surface area (Å²) in [6.07, 6.45) is 5.04. The van der Waals surface area contributed by atoms with Gasteiger partial charge in [0, 0.05) is 11.6 Å². The maximum absolute atomic E-state index is 6.50. The molecular weight excluding hydrogens is 238 g/mol. The van der Waals surface area contributed by atoms with Crippen molar-refractivity contribution >= 4 is 0 Å². The third-order valence-corrected chi connectivity index (χ3v) is 4.28. The molecule has 0 amide bonds. The molecule has 0 aliphatic heterocycles. The fourth-order valence-corrected chi connectivity index (χ4v) is 3.24. The number of para-hydroxylation sites is 1. The summed E-state index contributed by atoms with van der Waals surface area (Å²) in [4.78, 5) is 0. The molecule has 0 spiro atoms. The van der Waals surface area contributed by atoms with Gasteiger partial charge >= 0.3 is 0 Å². The molecule has 0 saturated heterocycles. The van der Waals surface area contributed by atoms with E-state index in [1.807, 2.05) is 12.1 Å². The van der Waals surface area contributed by atoms with E-state index in [4.69, 9.17) is 15.2 Å². The zero-order valence-corrected chi connectivity index (χ0v) is 12.2. The molecular formula is C16H25NO2. The molecule has 1 fully saturated rings. The maximum Gasteiger partial charge on any atom is 0.165 e. The Balaban J connectivity index is 2.25. The zero-order valence-electron chi connectivity index (χ0n) is 12.2. The molecule has 1 saturated carbocycles. The third kappa shape index (κ3) is 3.03. The van der Waals surface area contributed by atoms with Crippen molar-refractivity contribution in [1.29, 1.82) is 0 Å². The van der Waals surface area contributed by atoms with E-state index in [1.54, 1.807) is 14.2 Å². The van der Waals surface area contributed by atoms with Gasteiger partial charge in [-0.25, -0.2) is 0 Å². The Hall–Kier alpha value is -1.22. The maximum atomic E-state index is 6.50. The number of methoxy groups -OCH3 is 2. The van der Waals surface area contributed by atoms with Crippen molar-refractivity contribution in [3.05, 3.63) is 23.8 Å². The Bertz CT molecular complexity index is 419. The fraction of sp³-hybridized carbons (Fsp3) is 0.625. The van der Waals surface area contributed by atoms with E-state index in [1.165, 1.54) is 25.7 Å². The molecule has 3 heteroatoms. The molecule has 0 bridgehead atoms. The second kappa shape index (κ2) is 6.29. The van der Waals surface area contributed by atoms with Crippen LogP contribution in [0.4, 0.5) is 0 Å². The number of nitrogens with two attached hydrogens (primary N) is 1. The smallest absolute Gasteiger partial charge is 0.165 e. The molecule has 1 aliphatic carbocycles. The minimum absolute atomic E-state index is 0.0350. The lowest BCUT2D eigenvalue weighted by molar-refractivity contribution is 0.243. The molecule has 1 aromatic carbocycles. The second-order valence-electron chi connectivity index (χ2n) is 5.64. The topological polar surface area (TPSA) is 44.5 Å². The van der Waals surface area contributed by atoms with Crippen molar-refractivity contribution in [3.63, 3.8) is 0 Å². The van der Waals surface area contributed by atoms with E-state index in [0.717, 1.165) is 23.0 Å². The minimum Gasteiger partial charge on any atom is -0.493 e. The first kappa shape index (κ1) is 14.2. The van der Waals surface area contributed by atoms with Gasteiger partial charge in [0.15, 0.2) is 11.5 Å². The van der Waals surface area contributed by atoms with Gasteiger partial charge in [-0.1, -0.05) is 31.9 Å². The van der Waals surface area contributed by atoms with Crippen LogP contribution in [0.2, 0.25) is 0 Å². The van der Waals surface area contributed by atoms with Gasteiger partial charge in [0.25, 0.3) is 0 Å². The van der Waals surface area contributed by atoms with E-state index < -0.39 is 0 Å². The Morgan fingerprint density at radius 3 is 2.63 bits per heavy atom. The van der Waals surface area contributed by atoms with Crippen molar-refractivity contribution in [2.24, 2.45) is 17.6 Å². The van der Waals surface area contributed by atoms with Gasteiger partial charge in [0.1, 0.15) is 0 Å². The molecule has 0 aromatic heterocycles. The van der Waals surface area contributed by atoms with E-state index in [9.17, 15) is 0 Å². The highest BCUT2D eigenvalue weighted by Gasteiger charge is 2.27. The van der Waals surface area contributed by atoms with Crippen LogP contribution in [0.1, 0.15) is 44.2 Å². The van der Waals surface area contributed by atoms with Gasteiger partial charge < -0.3 is 15.2 Å². The SMILES string of the molecule is COc1cccc(C(N)C2CCCC(C)C2)c1OC. The summed E-state index contributed by atoms with van der Waals surface area (Å²) >= 11 is 0. The lowest BCUT2D eigenvalue weighted by Gasteiger charge is -2.32. The monoisotopic (exact) mass is 263 g/mol. The molecule has 1 aromatic rings. The molecule has 0 heterocycles. The highest BCUT2D eigenvalue weighted by Crippen LogP contribution is 2.41. The minimum atomic E-state index is 0.0350. The quantitative estimate of drug-likeness (QED) is 0.903. The zero-order chi connectivity index (χ0) is 13.8. The van der Waals surface area contributed by atoms with Crippen LogP contribution in [0.5, 0.6) is 11.5 Å². The summed E-state index contributed by atoms with van der Waals surface area (Å²) in [5, 5.41) is 0. The summed E-state index contributed by atoms with van der Waals surface area (Å²) in [6, 6.07) is 6.00. The van der Waals surface area contributed by atoms with E-state index in [-0.39, 0.29) is 6.04 Å². The van der Waals surface area contributed by atoms with Crippen molar-refractivity contribution < 1.29 is 9.47 Å². The molecule has 1 aliphatic rings. The Morgan fingerprint density at radius 2 is 2.00 bits per heavy atom. The molecule has 3 atom stereocenters. The Morgan fingerprint density at radius 1 is 1.21 bits per heavy atom. The van der Waals surface area contributed by atoms with Crippen molar-refractivity contribution in [1.82, 2.24) is 0 Å². The second-order valence-corrected chi connectivity index (χ2v) is 5.64. The van der Waals surface area contributed by atoms with Crippen molar-refractivity contribution in [3.8, 4) is 11.5 Å². The molecule has 3 unspecified atom stereocenters. The number of benzene rings is 1. The van der Waals surface area contributed by atoms with Crippen LogP contribution in [0.15, 0.2) is 18.2 Å². The number of ether oxygens (including phenoxy) is 2. The van der Waals surface area contributed by atoms with Crippen LogP contribution in [0, 0.1) is 11.8 Å². The highest BCUT2D eigenvalue weighted by molar-refractivity contribution is 5.48. The van der Waals surface area contributed by atoms with Crippen LogP contribution in [0.3, 0.4) is 0 Å². The molecule has 2 rings (SSSR count). The lowest BCUT2D eigenvalue weighted by Crippen LogP contribution is -2.26. The standard InChI is InChI=1S/C16H25NO2/c1-11-6-4-7-12(10-11)15(17)13-8-5-9-14(18-2)16(13)19-3/h5,8-9,11-12,15H,4,6-7,10,17H2,1-3H3. The van der Waals surface area contributed by atoms with Gasteiger partial charge in [0.05, 0.1) is 14.2 Å². The predicted octanol–water partition coefficient (Wildman–Crippen LogP) is 3.53. The van der Waals surface area contributed by atoms with Gasteiger partial charge in [0.2, 0.25) is 0 Å². The van der Waals surface area contributed by atoms with Crippen LogP contribution >= 0.6 is 0 Å². The van der Waals surface area contributed by atoms with Crippen LogP contribution in [-0.4, -0.2) is 14.2 Å². The average molecular weight is 263 g/mol. The first-order valence-corrected chi connectivity index (χ1v) is 7.13. The molecule has 2 N–H and O–H groups in total. The van der Waals surface area contributed by atoms with Gasteiger partial charge in [-0.15, -0.1) is 0 Å². The van der Waals surface area contributed by atoms with Crippen molar-refractivity contribution in [2.45, 2.75) is 38.6 Å². The lowest BCUT2D eigenvalue weighted by atomic mass is 9.77. The molecule has 106 valence electrons. The van der Waals surface area contributed by atoms with Crippen LogP contribution in [-0.2, 0) is 0 Å². The van der Waals surface area contributed by atoms with Gasteiger partial charge in [-0.05, 0) is 30.7 Å². The first-order valence-electron chi connectivity index (χ1n) is 7.13. The Kier molecular flexibility index (Phi) is 4.70.